The summed E-state index contributed by atoms with van der Waals surface area (Å²) in [7, 11) is 3.20. The van der Waals surface area contributed by atoms with Crippen molar-refractivity contribution >= 4 is 11.0 Å². The Kier molecular flexibility index (Phi) is 2.75. The molecule has 1 N–H and O–H groups in total. The number of imidazole rings is 1. The molecule has 3 rings (SSSR count). The van der Waals surface area contributed by atoms with E-state index in [0.29, 0.717) is 17.3 Å². The molecule has 19 heavy (non-hydrogen) atoms. The molecule has 96 valence electrons. The normalized spacial score (nSPS) is 10.6. The van der Waals surface area contributed by atoms with E-state index in [1.54, 1.807) is 26.6 Å². The maximum Gasteiger partial charge on any atom is 0.163 e. The van der Waals surface area contributed by atoms with E-state index in [2.05, 4.69) is 19.9 Å². The summed E-state index contributed by atoms with van der Waals surface area (Å²) in [5, 5.41) is 0. The smallest absolute Gasteiger partial charge is 0.163 e. The fourth-order valence-electron chi connectivity index (χ4n) is 1.89. The van der Waals surface area contributed by atoms with Crippen LogP contribution in [-0.2, 0) is 0 Å². The van der Waals surface area contributed by atoms with Gasteiger partial charge < -0.3 is 14.5 Å². The second kappa shape index (κ2) is 4.56. The van der Waals surface area contributed by atoms with Crippen LogP contribution in [-0.4, -0.2) is 34.2 Å². The number of aromatic amines is 1. The SMILES string of the molecule is COc1cc2nc(-c3cncnc3)[nH]c2cc1OC. The molecule has 0 aliphatic rings. The molecular weight excluding hydrogens is 244 g/mol. The van der Waals surface area contributed by atoms with E-state index in [0.717, 1.165) is 16.6 Å². The molecule has 0 atom stereocenters. The number of nitrogens with zero attached hydrogens (tertiary/aromatic N) is 3. The third kappa shape index (κ3) is 1.97. The maximum absolute atomic E-state index is 5.26. The van der Waals surface area contributed by atoms with Crippen LogP contribution in [0.5, 0.6) is 11.5 Å². The summed E-state index contributed by atoms with van der Waals surface area (Å²) in [5.41, 5.74) is 2.50. The number of rotatable bonds is 3. The van der Waals surface area contributed by atoms with Crippen LogP contribution >= 0.6 is 0 Å². The molecule has 0 amide bonds. The molecule has 1 aromatic carbocycles. The van der Waals surface area contributed by atoms with Crippen molar-refractivity contribution in [2.75, 3.05) is 14.2 Å². The van der Waals surface area contributed by atoms with Crippen molar-refractivity contribution in [1.82, 2.24) is 19.9 Å². The molecule has 0 unspecified atom stereocenters. The summed E-state index contributed by atoms with van der Waals surface area (Å²) in [5.74, 6) is 2.03. The van der Waals surface area contributed by atoms with Gasteiger partial charge in [-0.3, -0.25) is 0 Å². The van der Waals surface area contributed by atoms with Gasteiger partial charge in [-0.25, -0.2) is 15.0 Å². The first kappa shape index (κ1) is 11.5. The fourth-order valence-corrected chi connectivity index (χ4v) is 1.89. The molecule has 0 aliphatic carbocycles. The lowest BCUT2D eigenvalue weighted by molar-refractivity contribution is 0.356. The van der Waals surface area contributed by atoms with Gasteiger partial charge in [0.05, 0.1) is 30.8 Å². The van der Waals surface area contributed by atoms with Crippen molar-refractivity contribution in [3.05, 3.63) is 30.9 Å². The maximum atomic E-state index is 5.26. The van der Waals surface area contributed by atoms with E-state index >= 15 is 0 Å². The molecule has 0 saturated carbocycles. The number of methoxy groups -OCH3 is 2. The molecule has 0 bridgehead atoms. The summed E-state index contributed by atoms with van der Waals surface area (Å²) in [6.07, 6.45) is 4.90. The Labute approximate surface area is 109 Å². The number of aromatic nitrogens is 4. The summed E-state index contributed by atoms with van der Waals surface area (Å²) < 4.78 is 10.5. The minimum Gasteiger partial charge on any atom is -0.493 e. The zero-order valence-corrected chi connectivity index (χ0v) is 10.5. The van der Waals surface area contributed by atoms with E-state index in [4.69, 9.17) is 9.47 Å². The van der Waals surface area contributed by atoms with E-state index < -0.39 is 0 Å². The molecule has 0 saturated heterocycles. The second-order valence-electron chi connectivity index (χ2n) is 3.94. The van der Waals surface area contributed by atoms with Crippen LogP contribution in [0.4, 0.5) is 0 Å². The van der Waals surface area contributed by atoms with Crippen LogP contribution < -0.4 is 9.47 Å². The molecule has 2 aromatic heterocycles. The van der Waals surface area contributed by atoms with Gasteiger partial charge in [0.1, 0.15) is 12.2 Å². The highest BCUT2D eigenvalue weighted by Crippen LogP contribution is 2.32. The molecular formula is C13H12N4O2. The van der Waals surface area contributed by atoms with Crippen LogP contribution in [0, 0.1) is 0 Å². The van der Waals surface area contributed by atoms with Crippen molar-refractivity contribution in [2.45, 2.75) is 0 Å². The Morgan fingerprint density at radius 2 is 1.68 bits per heavy atom. The molecule has 0 radical (unpaired) electrons. The summed E-state index contributed by atoms with van der Waals surface area (Å²) >= 11 is 0. The molecule has 3 aromatic rings. The lowest BCUT2D eigenvalue weighted by Gasteiger charge is -2.06. The first-order chi connectivity index (χ1) is 9.31. The van der Waals surface area contributed by atoms with Crippen LogP contribution in [0.15, 0.2) is 30.9 Å². The highest BCUT2D eigenvalue weighted by molar-refractivity contribution is 5.82. The first-order valence-electron chi connectivity index (χ1n) is 5.69. The number of hydrogen-bond acceptors (Lipinski definition) is 5. The Morgan fingerprint density at radius 3 is 2.37 bits per heavy atom. The Balaban J connectivity index is 2.16. The van der Waals surface area contributed by atoms with E-state index in [-0.39, 0.29) is 0 Å². The highest BCUT2D eigenvalue weighted by atomic mass is 16.5. The number of hydrogen-bond donors (Lipinski definition) is 1. The van der Waals surface area contributed by atoms with Gasteiger partial charge >= 0.3 is 0 Å². The van der Waals surface area contributed by atoms with E-state index in [1.165, 1.54) is 6.33 Å². The summed E-state index contributed by atoms with van der Waals surface area (Å²) in [6, 6.07) is 3.69. The molecule has 0 fully saturated rings. The fraction of sp³-hybridized carbons (Fsp3) is 0.154. The Bertz CT molecular complexity index is 668. The lowest BCUT2D eigenvalue weighted by atomic mass is 10.3. The van der Waals surface area contributed by atoms with Gasteiger partial charge in [-0.1, -0.05) is 0 Å². The van der Waals surface area contributed by atoms with E-state index in [9.17, 15) is 0 Å². The van der Waals surface area contributed by atoms with Crippen molar-refractivity contribution in [1.29, 1.82) is 0 Å². The second-order valence-corrected chi connectivity index (χ2v) is 3.94. The molecule has 0 aliphatic heterocycles. The predicted molar refractivity (Wildman–Crippen MR) is 70.2 cm³/mol. The van der Waals surface area contributed by atoms with Crippen molar-refractivity contribution in [3.8, 4) is 22.9 Å². The number of benzene rings is 1. The monoisotopic (exact) mass is 256 g/mol. The van der Waals surface area contributed by atoms with Gasteiger partial charge in [0.2, 0.25) is 0 Å². The standard InChI is InChI=1S/C13H12N4O2/c1-18-11-3-9-10(4-12(11)19-2)17-13(16-9)8-5-14-7-15-6-8/h3-7H,1-2H3,(H,16,17). The molecule has 6 heteroatoms. The third-order valence-corrected chi connectivity index (χ3v) is 2.82. The summed E-state index contributed by atoms with van der Waals surface area (Å²) in [4.78, 5) is 15.7. The highest BCUT2D eigenvalue weighted by Gasteiger charge is 2.11. The molecule has 0 spiro atoms. The topological polar surface area (TPSA) is 72.9 Å². The van der Waals surface area contributed by atoms with Crippen molar-refractivity contribution in [2.24, 2.45) is 0 Å². The average molecular weight is 256 g/mol. The van der Waals surface area contributed by atoms with Crippen LogP contribution in [0.3, 0.4) is 0 Å². The average Bonchev–Trinajstić information content (AvgIpc) is 2.89. The first-order valence-corrected chi connectivity index (χ1v) is 5.69. The third-order valence-electron chi connectivity index (χ3n) is 2.82. The minimum atomic E-state index is 0.650. The van der Waals surface area contributed by atoms with E-state index in [1.807, 2.05) is 12.1 Å². The number of nitrogens with one attached hydrogen (secondary N) is 1. The van der Waals surface area contributed by atoms with Gasteiger partial charge in [-0.2, -0.15) is 0 Å². The van der Waals surface area contributed by atoms with Crippen molar-refractivity contribution < 1.29 is 9.47 Å². The van der Waals surface area contributed by atoms with Gasteiger partial charge in [-0.05, 0) is 0 Å². The van der Waals surface area contributed by atoms with Crippen molar-refractivity contribution in [3.63, 3.8) is 0 Å². The predicted octanol–water partition coefficient (Wildman–Crippen LogP) is 2.04. The zero-order valence-electron chi connectivity index (χ0n) is 10.5. The van der Waals surface area contributed by atoms with Crippen LogP contribution in [0.2, 0.25) is 0 Å². The van der Waals surface area contributed by atoms with Gasteiger partial charge in [0.25, 0.3) is 0 Å². The number of ether oxygens (including phenoxy) is 2. The number of H-pyrrole nitrogens is 1. The molecule has 6 nitrogen and oxygen atoms in total. The van der Waals surface area contributed by atoms with Crippen LogP contribution in [0.1, 0.15) is 0 Å². The lowest BCUT2D eigenvalue weighted by Crippen LogP contribution is -1.89. The van der Waals surface area contributed by atoms with Gasteiger partial charge in [0, 0.05) is 24.5 Å². The van der Waals surface area contributed by atoms with Gasteiger partial charge in [-0.15, -0.1) is 0 Å². The molecule has 2 heterocycles. The Hall–Kier alpha value is -2.63. The Morgan fingerprint density at radius 1 is 1.00 bits per heavy atom. The van der Waals surface area contributed by atoms with Gasteiger partial charge in [0.15, 0.2) is 11.5 Å². The minimum absolute atomic E-state index is 0.650. The largest absolute Gasteiger partial charge is 0.493 e. The summed E-state index contributed by atoms with van der Waals surface area (Å²) in [6.45, 7) is 0. The number of fused-ring (bicyclic) bond motifs is 1. The van der Waals surface area contributed by atoms with Crippen LogP contribution in [0.25, 0.3) is 22.4 Å². The zero-order chi connectivity index (χ0) is 13.2. The quantitative estimate of drug-likeness (QED) is 0.776.